The second kappa shape index (κ2) is 22.0. The van der Waals surface area contributed by atoms with Gasteiger partial charge in [0.1, 0.15) is 5.78 Å². The number of carboxylic acids is 1. The van der Waals surface area contributed by atoms with Crippen LogP contribution in [0.2, 0.25) is 0 Å². The van der Waals surface area contributed by atoms with Crippen LogP contribution in [0.25, 0.3) is 0 Å². The van der Waals surface area contributed by atoms with Crippen LogP contribution in [0.3, 0.4) is 0 Å². The highest BCUT2D eigenvalue weighted by molar-refractivity contribution is 6.38. The van der Waals surface area contributed by atoms with Crippen molar-refractivity contribution in [3.63, 3.8) is 0 Å². The van der Waals surface area contributed by atoms with Crippen molar-refractivity contribution >= 4 is 40.9 Å². The van der Waals surface area contributed by atoms with Gasteiger partial charge in [-0.2, -0.15) is 0 Å². The summed E-state index contributed by atoms with van der Waals surface area (Å²) in [7, 11) is 0. The number of carbonyl (C=O) groups excluding carboxylic acids is 6. The van der Waals surface area contributed by atoms with Crippen molar-refractivity contribution in [2.24, 2.45) is 17.8 Å². The maximum atomic E-state index is 14.7. The molecule has 3 unspecified atom stereocenters. The fourth-order valence-electron chi connectivity index (χ4n) is 8.40. The van der Waals surface area contributed by atoms with E-state index in [2.05, 4.69) is 5.32 Å². The number of benzene rings is 3. The maximum Gasteiger partial charge on any atom is 0.330 e. The van der Waals surface area contributed by atoms with E-state index in [-0.39, 0.29) is 68.6 Å². The van der Waals surface area contributed by atoms with E-state index in [1.807, 2.05) is 67.6 Å². The Morgan fingerprint density at radius 1 is 0.793 bits per heavy atom. The molecule has 1 aliphatic carbocycles. The first-order chi connectivity index (χ1) is 28.0. The average Bonchev–Trinajstić information content (AvgIpc) is 3.68. The Morgan fingerprint density at radius 3 is 2.03 bits per heavy atom. The minimum atomic E-state index is -1.32. The highest BCUT2D eigenvalue weighted by Crippen LogP contribution is 2.36. The minimum Gasteiger partial charge on any atom is -0.479 e. The third-order valence-electron chi connectivity index (χ3n) is 11.5. The molecule has 2 aliphatic rings. The summed E-state index contributed by atoms with van der Waals surface area (Å²) >= 11 is 0. The Morgan fingerprint density at radius 2 is 1.41 bits per heavy atom. The Hall–Kier alpha value is -5.29. The molecule has 308 valence electrons. The number of hydrogen-bond donors (Lipinski definition) is 2. The molecule has 2 fully saturated rings. The number of ether oxygens (including phenoxy) is 1. The van der Waals surface area contributed by atoms with Gasteiger partial charge in [0.25, 0.3) is 0 Å². The van der Waals surface area contributed by atoms with Gasteiger partial charge in [0.15, 0.2) is 17.6 Å². The number of carboxylic acid groups (broad SMARTS) is 1. The van der Waals surface area contributed by atoms with Crippen LogP contribution in [-0.2, 0) is 51.3 Å². The summed E-state index contributed by atoms with van der Waals surface area (Å²) in [6.45, 7) is 2.30. The summed E-state index contributed by atoms with van der Waals surface area (Å²) in [6, 6.07) is 25.0. The SMILES string of the molecule is CCCC(CC(=O)[C@@H]1C[C@@H](OCc2ccccc2)CN1C(=O)C(CC(=O)Cc1ccccc1)C1CCCCC1)C(=O)C(=O)CCC(=O)NC(C(=O)O)c1ccccc1. The Bertz CT molecular complexity index is 1860. The van der Waals surface area contributed by atoms with Gasteiger partial charge in [0, 0.05) is 56.9 Å². The van der Waals surface area contributed by atoms with Gasteiger partial charge in [-0.3, -0.25) is 28.8 Å². The van der Waals surface area contributed by atoms with E-state index in [9.17, 15) is 38.7 Å². The van der Waals surface area contributed by atoms with E-state index in [1.54, 1.807) is 35.2 Å². The topological polar surface area (TPSA) is 164 Å². The lowest BCUT2D eigenvalue weighted by atomic mass is 9.76. The summed E-state index contributed by atoms with van der Waals surface area (Å²) in [4.78, 5) is 95.6. The second-order valence-corrected chi connectivity index (χ2v) is 15.8. The van der Waals surface area contributed by atoms with Crippen molar-refractivity contribution in [1.82, 2.24) is 10.2 Å². The number of likely N-dealkylation sites (tertiary alicyclic amines) is 1. The fraction of sp³-hybridized carbons (Fsp3) is 0.468. The van der Waals surface area contributed by atoms with Crippen molar-refractivity contribution in [1.29, 1.82) is 0 Å². The lowest BCUT2D eigenvalue weighted by Gasteiger charge is -2.34. The zero-order valence-electron chi connectivity index (χ0n) is 33.4. The molecule has 2 amide bonds. The van der Waals surface area contributed by atoms with Crippen LogP contribution < -0.4 is 5.32 Å². The first-order valence-electron chi connectivity index (χ1n) is 20.7. The van der Waals surface area contributed by atoms with Crippen LogP contribution in [0, 0.1) is 17.8 Å². The van der Waals surface area contributed by atoms with Gasteiger partial charge in [0.2, 0.25) is 17.6 Å². The van der Waals surface area contributed by atoms with Gasteiger partial charge >= 0.3 is 5.97 Å². The van der Waals surface area contributed by atoms with Crippen molar-refractivity contribution in [2.75, 3.05) is 6.54 Å². The van der Waals surface area contributed by atoms with E-state index in [1.165, 1.54) is 0 Å². The molecule has 3 aromatic carbocycles. The van der Waals surface area contributed by atoms with E-state index in [4.69, 9.17) is 4.74 Å². The quantitative estimate of drug-likeness (QED) is 0.104. The largest absolute Gasteiger partial charge is 0.479 e. The van der Waals surface area contributed by atoms with E-state index >= 15 is 0 Å². The standard InChI is InChI=1S/C47H56N2O9/c1-2-15-36(45(54)41(51)24-25-43(53)48-44(47(56)57)35-22-13-6-14-23-35)27-42(52)40-29-38(58-31-33-18-9-4-10-19-33)30-49(40)46(55)39(34-20-11-5-12-21-34)28-37(50)26-32-16-7-3-8-17-32/h3-4,6-10,13-14,16-19,22-23,34,36,38-40,44H,2,5,11-12,15,20-21,24-31H2,1H3,(H,48,53)(H,56,57)/t36?,38-,39?,40+,44?/m1/s1. The molecule has 3 aromatic rings. The number of aliphatic carboxylic acids is 1. The molecule has 0 radical (unpaired) electrons. The predicted octanol–water partition coefficient (Wildman–Crippen LogP) is 6.81. The fourth-order valence-corrected chi connectivity index (χ4v) is 8.40. The molecule has 5 atom stereocenters. The van der Waals surface area contributed by atoms with Gasteiger partial charge < -0.3 is 20.1 Å². The Balaban J connectivity index is 1.29. The molecule has 0 spiro atoms. The van der Waals surface area contributed by atoms with Crippen LogP contribution in [0.15, 0.2) is 91.0 Å². The third kappa shape index (κ3) is 12.6. The predicted molar refractivity (Wildman–Crippen MR) is 217 cm³/mol. The first kappa shape index (κ1) is 43.8. The minimum absolute atomic E-state index is 0.00345. The van der Waals surface area contributed by atoms with Crippen molar-refractivity contribution < 1.29 is 43.4 Å². The van der Waals surface area contributed by atoms with Crippen LogP contribution in [0.5, 0.6) is 0 Å². The van der Waals surface area contributed by atoms with Crippen molar-refractivity contribution in [3.05, 3.63) is 108 Å². The summed E-state index contributed by atoms with van der Waals surface area (Å²) < 4.78 is 6.29. The zero-order chi connectivity index (χ0) is 41.4. The molecule has 1 heterocycles. The number of rotatable bonds is 22. The second-order valence-electron chi connectivity index (χ2n) is 15.8. The Kier molecular flexibility index (Phi) is 16.6. The number of amides is 2. The maximum absolute atomic E-state index is 14.7. The van der Waals surface area contributed by atoms with E-state index < -0.39 is 66.3 Å². The molecule has 0 aromatic heterocycles. The molecule has 58 heavy (non-hydrogen) atoms. The van der Waals surface area contributed by atoms with Gasteiger partial charge in [-0.15, -0.1) is 0 Å². The van der Waals surface area contributed by atoms with Gasteiger partial charge in [-0.1, -0.05) is 124 Å². The lowest BCUT2D eigenvalue weighted by molar-refractivity contribution is -0.145. The molecule has 11 nitrogen and oxygen atoms in total. The van der Waals surface area contributed by atoms with Crippen molar-refractivity contribution in [3.8, 4) is 0 Å². The molecule has 2 N–H and O–H groups in total. The van der Waals surface area contributed by atoms with Gasteiger partial charge in [0.05, 0.1) is 18.8 Å². The number of hydrogen-bond acceptors (Lipinski definition) is 8. The van der Waals surface area contributed by atoms with E-state index in [0.717, 1.165) is 43.2 Å². The van der Waals surface area contributed by atoms with Crippen LogP contribution in [0.4, 0.5) is 0 Å². The summed E-state index contributed by atoms with van der Waals surface area (Å²) in [5.74, 6) is -5.70. The van der Waals surface area contributed by atoms with Gasteiger partial charge in [-0.25, -0.2) is 4.79 Å². The van der Waals surface area contributed by atoms with E-state index in [0.29, 0.717) is 12.0 Å². The summed E-state index contributed by atoms with van der Waals surface area (Å²) in [5.41, 5.74) is 2.19. The Labute approximate surface area is 340 Å². The van der Waals surface area contributed by atoms with Crippen LogP contribution >= 0.6 is 0 Å². The molecule has 5 rings (SSSR count). The smallest absolute Gasteiger partial charge is 0.330 e. The third-order valence-corrected chi connectivity index (χ3v) is 11.5. The van der Waals surface area contributed by atoms with Crippen molar-refractivity contribution in [2.45, 2.75) is 115 Å². The van der Waals surface area contributed by atoms with Crippen LogP contribution in [-0.4, -0.2) is 69.6 Å². The summed E-state index contributed by atoms with van der Waals surface area (Å²) in [5, 5.41) is 12.1. The molecular formula is C47H56N2O9. The highest BCUT2D eigenvalue weighted by Gasteiger charge is 2.45. The normalized spacial score (nSPS) is 18.5. The average molecular weight is 793 g/mol. The molecule has 11 heteroatoms. The zero-order valence-corrected chi connectivity index (χ0v) is 33.4. The molecule has 0 bridgehead atoms. The number of nitrogens with one attached hydrogen (secondary N) is 1. The monoisotopic (exact) mass is 792 g/mol. The molecule has 1 saturated carbocycles. The number of carbonyl (C=O) groups is 7. The highest BCUT2D eigenvalue weighted by atomic mass is 16.5. The number of Topliss-reactive ketones (excluding diaryl/α,β-unsaturated/α-hetero) is 4. The lowest BCUT2D eigenvalue weighted by Crippen LogP contribution is -2.47. The molecule has 1 aliphatic heterocycles. The number of nitrogens with zero attached hydrogens (tertiary/aromatic N) is 1. The number of ketones is 4. The molecular weight excluding hydrogens is 737 g/mol. The summed E-state index contributed by atoms with van der Waals surface area (Å²) in [6.07, 6.45) is 4.37. The molecule has 1 saturated heterocycles. The first-order valence-corrected chi connectivity index (χ1v) is 20.7. The van der Waals surface area contributed by atoms with Crippen LogP contribution in [0.1, 0.15) is 107 Å². The van der Waals surface area contributed by atoms with Gasteiger partial charge in [-0.05, 0) is 41.9 Å².